The Morgan fingerprint density at radius 2 is 2.23 bits per heavy atom. The number of anilines is 1. The van der Waals surface area contributed by atoms with Crippen LogP contribution in [0.4, 0.5) is 14.9 Å². The van der Waals surface area contributed by atoms with E-state index in [-0.39, 0.29) is 5.82 Å². The Kier molecular flexibility index (Phi) is 2.84. The van der Waals surface area contributed by atoms with E-state index in [4.69, 9.17) is 5.73 Å². The Balaban J connectivity index is 2.94. The third kappa shape index (κ3) is 2.74. The maximum absolute atomic E-state index is 12.9. The van der Waals surface area contributed by atoms with Crippen LogP contribution in [0.2, 0.25) is 0 Å². The summed E-state index contributed by atoms with van der Waals surface area (Å²) in [5.41, 5.74) is 6.11. The van der Waals surface area contributed by atoms with Crippen LogP contribution >= 0.6 is 0 Å². The lowest BCUT2D eigenvalue weighted by atomic mass is 10.1. The summed E-state index contributed by atoms with van der Waals surface area (Å²) < 4.78 is 12.9. The van der Waals surface area contributed by atoms with Crippen molar-refractivity contribution >= 4 is 11.7 Å². The smallest absolute Gasteiger partial charge is 0.316 e. The minimum Gasteiger partial charge on any atom is -0.351 e. The molecule has 0 aliphatic rings. The molecule has 0 heterocycles. The van der Waals surface area contributed by atoms with E-state index in [2.05, 4.69) is 5.32 Å². The van der Waals surface area contributed by atoms with Gasteiger partial charge in [0.25, 0.3) is 0 Å². The van der Waals surface area contributed by atoms with Crippen molar-refractivity contribution in [1.82, 2.24) is 0 Å². The maximum Gasteiger partial charge on any atom is 0.316 e. The van der Waals surface area contributed by atoms with E-state index in [1.54, 1.807) is 6.07 Å². The Labute approximate surface area is 75.7 Å². The zero-order chi connectivity index (χ0) is 9.84. The van der Waals surface area contributed by atoms with Crippen molar-refractivity contribution in [2.45, 2.75) is 13.3 Å². The molecule has 0 radical (unpaired) electrons. The lowest BCUT2D eigenvalue weighted by Gasteiger charge is -2.04. The third-order valence-electron chi connectivity index (χ3n) is 1.63. The Morgan fingerprint density at radius 3 is 2.77 bits per heavy atom. The van der Waals surface area contributed by atoms with Gasteiger partial charge in [-0.15, -0.1) is 0 Å². The van der Waals surface area contributed by atoms with Gasteiger partial charge in [0.2, 0.25) is 0 Å². The summed E-state index contributed by atoms with van der Waals surface area (Å²) in [6, 6.07) is 3.65. The number of urea groups is 1. The molecule has 0 fully saturated rings. The molecule has 0 aromatic heterocycles. The van der Waals surface area contributed by atoms with Crippen molar-refractivity contribution in [2.75, 3.05) is 5.32 Å². The van der Waals surface area contributed by atoms with Crippen molar-refractivity contribution in [3.05, 3.63) is 29.6 Å². The van der Waals surface area contributed by atoms with E-state index >= 15 is 0 Å². The minimum absolute atomic E-state index is 0.372. The van der Waals surface area contributed by atoms with Gasteiger partial charge >= 0.3 is 6.03 Å². The van der Waals surface area contributed by atoms with Gasteiger partial charge in [-0.05, 0) is 30.2 Å². The fourth-order valence-corrected chi connectivity index (χ4v) is 1.07. The molecule has 3 N–H and O–H groups in total. The number of nitrogens with two attached hydrogens (primary N) is 1. The highest BCUT2D eigenvalue weighted by atomic mass is 19.1. The van der Waals surface area contributed by atoms with Gasteiger partial charge in [0.1, 0.15) is 5.82 Å². The first-order chi connectivity index (χ1) is 6.11. The predicted octanol–water partition coefficient (Wildman–Crippen LogP) is 1.88. The van der Waals surface area contributed by atoms with Crippen LogP contribution in [0.5, 0.6) is 0 Å². The van der Waals surface area contributed by atoms with Gasteiger partial charge < -0.3 is 11.1 Å². The number of carbonyl (C=O) groups excluding carboxylic acids is 1. The number of primary amides is 1. The molecule has 0 unspecified atom stereocenters. The van der Waals surface area contributed by atoms with Gasteiger partial charge in [-0.2, -0.15) is 0 Å². The standard InChI is InChI=1S/C9H11FN2O/c1-2-6-3-7(10)5-8(4-6)12-9(11)13/h3-5H,2H2,1H3,(H3,11,12,13). The molecule has 1 rings (SSSR count). The first-order valence-corrected chi connectivity index (χ1v) is 3.97. The fraction of sp³-hybridized carbons (Fsp3) is 0.222. The summed E-state index contributed by atoms with van der Waals surface area (Å²) in [5, 5.41) is 2.32. The van der Waals surface area contributed by atoms with Crippen LogP contribution in [0.25, 0.3) is 0 Å². The van der Waals surface area contributed by atoms with Gasteiger partial charge in [-0.3, -0.25) is 0 Å². The van der Waals surface area contributed by atoms with Gasteiger partial charge in [-0.1, -0.05) is 6.92 Å². The highest BCUT2D eigenvalue weighted by Crippen LogP contribution is 2.14. The van der Waals surface area contributed by atoms with E-state index in [1.807, 2.05) is 6.92 Å². The van der Waals surface area contributed by atoms with Crippen molar-refractivity contribution in [2.24, 2.45) is 5.73 Å². The molecule has 0 saturated heterocycles. The Morgan fingerprint density at radius 1 is 1.54 bits per heavy atom. The molecule has 0 spiro atoms. The molecule has 0 aliphatic heterocycles. The zero-order valence-corrected chi connectivity index (χ0v) is 7.30. The fourth-order valence-electron chi connectivity index (χ4n) is 1.07. The van der Waals surface area contributed by atoms with Crippen LogP contribution < -0.4 is 11.1 Å². The molecule has 1 aromatic carbocycles. The number of aryl methyl sites for hydroxylation is 1. The average Bonchev–Trinajstić information content (AvgIpc) is 2.01. The van der Waals surface area contributed by atoms with E-state index in [1.165, 1.54) is 12.1 Å². The number of nitrogens with one attached hydrogen (secondary N) is 1. The van der Waals surface area contributed by atoms with Gasteiger partial charge in [-0.25, -0.2) is 9.18 Å². The van der Waals surface area contributed by atoms with Gasteiger partial charge in [0.15, 0.2) is 0 Å². The lowest BCUT2D eigenvalue weighted by molar-refractivity contribution is 0.259. The summed E-state index contributed by atoms with van der Waals surface area (Å²) in [5.74, 6) is -0.372. The minimum atomic E-state index is -0.687. The molecule has 0 atom stereocenters. The number of halogens is 1. The highest BCUT2D eigenvalue weighted by molar-refractivity contribution is 5.87. The topological polar surface area (TPSA) is 55.1 Å². The molecule has 2 amide bonds. The number of benzene rings is 1. The first kappa shape index (κ1) is 9.51. The second-order valence-corrected chi connectivity index (χ2v) is 2.69. The van der Waals surface area contributed by atoms with Crippen LogP contribution in [0.1, 0.15) is 12.5 Å². The average molecular weight is 182 g/mol. The molecule has 13 heavy (non-hydrogen) atoms. The number of hydrogen-bond donors (Lipinski definition) is 2. The van der Waals surface area contributed by atoms with E-state index in [0.717, 1.165) is 5.56 Å². The Hall–Kier alpha value is -1.58. The van der Waals surface area contributed by atoms with Crippen LogP contribution in [0.3, 0.4) is 0 Å². The van der Waals surface area contributed by atoms with Crippen LogP contribution in [-0.2, 0) is 6.42 Å². The SMILES string of the molecule is CCc1cc(F)cc(NC(N)=O)c1. The second-order valence-electron chi connectivity index (χ2n) is 2.69. The predicted molar refractivity (Wildman–Crippen MR) is 49.0 cm³/mol. The first-order valence-electron chi connectivity index (χ1n) is 3.97. The molecule has 3 nitrogen and oxygen atoms in total. The lowest BCUT2D eigenvalue weighted by Crippen LogP contribution is -2.19. The van der Waals surface area contributed by atoms with Crippen molar-refractivity contribution in [1.29, 1.82) is 0 Å². The van der Waals surface area contributed by atoms with Gasteiger partial charge in [0.05, 0.1) is 0 Å². The number of amides is 2. The zero-order valence-electron chi connectivity index (χ0n) is 7.30. The molecule has 1 aromatic rings. The monoisotopic (exact) mass is 182 g/mol. The molecule has 0 saturated carbocycles. The van der Waals surface area contributed by atoms with Crippen LogP contribution in [-0.4, -0.2) is 6.03 Å². The van der Waals surface area contributed by atoms with E-state index in [9.17, 15) is 9.18 Å². The quantitative estimate of drug-likeness (QED) is 0.720. The number of rotatable bonds is 2. The van der Waals surface area contributed by atoms with Crippen LogP contribution in [0.15, 0.2) is 18.2 Å². The summed E-state index contributed by atoms with van der Waals surface area (Å²) in [4.78, 5) is 10.5. The van der Waals surface area contributed by atoms with E-state index in [0.29, 0.717) is 12.1 Å². The summed E-state index contributed by atoms with van der Waals surface area (Å²) in [6.45, 7) is 1.91. The van der Waals surface area contributed by atoms with Crippen LogP contribution in [0, 0.1) is 5.82 Å². The maximum atomic E-state index is 12.9. The molecule has 0 aliphatic carbocycles. The van der Waals surface area contributed by atoms with Crippen molar-refractivity contribution < 1.29 is 9.18 Å². The normalized spacial score (nSPS) is 9.69. The number of carbonyl (C=O) groups is 1. The third-order valence-corrected chi connectivity index (χ3v) is 1.63. The Bertz CT molecular complexity index is 325. The van der Waals surface area contributed by atoms with E-state index < -0.39 is 6.03 Å². The summed E-state index contributed by atoms with van der Waals surface area (Å²) in [7, 11) is 0. The second kappa shape index (κ2) is 3.89. The number of hydrogen-bond acceptors (Lipinski definition) is 1. The van der Waals surface area contributed by atoms with Crippen molar-refractivity contribution in [3.63, 3.8) is 0 Å². The van der Waals surface area contributed by atoms with Crippen molar-refractivity contribution in [3.8, 4) is 0 Å². The molecule has 4 heteroatoms. The summed E-state index contributed by atoms with van der Waals surface area (Å²) in [6.07, 6.45) is 0.713. The molecular formula is C9H11FN2O. The largest absolute Gasteiger partial charge is 0.351 e. The molecule has 0 bridgehead atoms. The molecular weight excluding hydrogens is 171 g/mol. The van der Waals surface area contributed by atoms with Gasteiger partial charge in [0, 0.05) is 5.69 Å². The highest BCUT2D eigenvalue weighted by Gasteiger charge is 2.00. The molecule has 70 valence electrons. The summed E-state index contributed by atoms with van der Waals surface area (Å²) >= 11 is 0.